The second-order valence-electron chi connectivity index (χ2n) is 3.75. The van der Waals surface area contributed by atoms with E-state index in [4.69, 9.17) is 0 Å². The number of carbonyl (C=O) groups excluding carboxylic acids is 1. The van der Waals surface area contributed by atoms with Crippen LogP contribution in [0.1, 0.15) is 5.56 Å². The molecule has 1 heterocycles. The zero-order valence-electron chi connectivity index (χ0n) is 9.97. The van der Waals surface area contributed by atoms with Crippen LogP contribution in [0.2, 0.25) is 0 Å². The smallest absolute Gasteiger partial charge is 0.281 e. The van der Waals surface area contributed by atoms with E-state index in [0.717, 1.165) is 15.7 Å². The van der Waals surface area contributed by atoms with Crippen molar-refractivity contribution in [2.45, 2.75) is 5.66 Å². The molecule has 0 unspecified atom stereocenters. The molecule has 1 aromatic carbocycles. The summed E-state index contributed by atoms with van der Waals surface area (Å²) in [4.78, 5) is 12.4. The Hall–Kier alpha value is -0.950. The van der Waals surface area contributed by atoms with Gasteiger partial charge in [-0.3, -0.25) is 15.4 Å². The van der Waals surface area contributed by atoms with Crippen LogP contribution in [0.3, 0.4) is 0 Å². The van der Waals surface area contributed by atoms with Crippen LogP contribution in [0.4, 0.5) is 5.69 Å². The SMILES string of the molecule is CNN1C(=O)C(NC)(NC)c2cccc(Br)c21. The van der Waals surface area contributed by atoms with E-state index in [1.54, 1.807) is 21.1 Å². The van der Waals surface area contributed by atoms with E-state index in [2.05, 4.69) is 32.0 Å². The van der Waals surface area contributed by atoms with Gasteiger partial charge in [-0.2, -0.15) is 0 Å². The molecule has 5 nitrogen and oxygen atoms in total. The lowest BCUT2D eigenvalue weighted by molar-refractivity contribution is -0.125. The molecule has 1 aliphatic heterocycles. The quantitative estimate of drug-likeness (QED) is 0.712. The van der Waals surface area contributed by atoms with E-state index in [1.165, 1.54) is 5.01 Å². The number of anilines is 1. The molecule has 1 aromatic rings. The van der Waals surface area contributed by atoms with Crippen molar-refractivity contribution in [3.63, 3.8) is 0 Å². The van der Waals surface area contributed by atoms with Gasteiger partial charge in [-0.1, -0.05) is 12.1 Å². The van der Waals surface area contributed by atoms with Crippen LogP contribution in [0.25, 0.3) is 0 Å². The Morgan fingerprint density at radius 2 is 1.88 bits per heavy atom. The minimum Gasteiger partial charge on any atom is -0.291 e. The van der Waals surface area contributed by atoms with E-state index < -0.39 is 5.66 Å². The number of rotatable bonds is 3. The number of hydrogen-bond donors (Lipinski definition) is 3. The second-order valence-corrected chi connectivity index (χ2v) is 4.60. The number of carbonyl (C=O) groups is 1. The number of amides is 1. The number of hydrazine groups is 1. The Morgan fingerprint density at radius 1 is 1.24 bits per heavy atom. The summed E-state index contributed by atoms with van der Waals surface area (Å²) < 4.78 is 0.880. The van der Waals surface area contributed by atoms with Crippen LogP contribution >= 0.6 is 15.9 Å². The molecule has 0 radical (unpaired) electrons. The molecular formula is C11H15BrN4O. The topological polar surface area (TPSA) is 56.4 Å². The fourth-order valence-electron chi connectivity index (χ4n) is 2.25. The number of hydrogen-bond acceptors (Lipinski definition) is 4. The number of benzene rings is 1. The summed E-state index contributed by atoms with van der Waals surface area (Å²) in [5.41, 5.74) is 3.77. The van der Waals surface area contributed by atoms with Gasteiger partial charge in [0.2, 0.25) is 0 Å². The van der Waals surface area contributed by atoms with Crippen LogP contribution in [0, 0.1) is 0 Å². The predicted molar refractivity (Wildman–Crippen MR) is 70.5 cm³/mol. The average Bonchev–Trinajstić information content (AvgIpc) is 2.59. The zero-order valence-corrected chi connectivity index (χ0v) is 11.6. The first-order valence-corrected chi connectivity index (χ1v) is 6.10. The molecule has 0 fully saturated rings. The summed E-state index contributed by atoms with van der Waals surface area (Å²) in [6, 6.07) is 5.76. The zero-order chi connectivity index (χ0) is 12.6. The third-order valence-corrected chi connectivity index (χ3v) is 3.75. The molecular weight excluding hydrogens is 284 g/mol. The van der Waals surface area contributed by atoms with Crippen molar-refractivity contribution in [1.29, 1.82) is 0 Å². The molecule has 2 rings (SSSR count). The summed E-state index contributed by atoms with van der Waals surface area (Å²) in [6.45, 7) is 0. The molecule has 0 atom stereocenters. The van der Waals surface area contributed by atoms with Gasteiger partial charge < -0.3 is 0 Å². The first kappa shape index (κ1) is 12.5. The lowest BCUT2D eigenvalue weighted by atomic mass is 10.0. The van der Waals surface area contributed by atoms with Gasteiger partial charge in [0.25, 0.3) is 5.91 Å². The van der Waals surface area contributed by atoms with E-state index in [9.17, 15) is 4.79 Å². The molecule has 17 heavy (non-hydrogen) atoms. The predicted octanol–water partition coefficient (Wildman–Crippen LogP) is 0.522. The van der Waals surface area contributed by atoms with E-state index in [0.29, 0.717) is 0 Å². The van der Waals surface area contributed by atoms with E-state index in [1.807, 2.05) is 18.2 Å². The molecule has 6 heteroatoms. The van der Waals surface area contributed by atoms with Crippen molar-refractivity contribution in [2.75, 3.05) is 26.2 Å². The third kappa shape index (κ3) is 1.52. The van der Waals surface area contributed by atoms with E-state index >= 15 is 0 Å². The summed E-state index contributed by atoms with van der Waals surface area (Å²) >= 11 is 3.48. The van der Waals surface area contributed by atoms with Crippen molar-refractivity contribution in [3.05, 3.63) is 28.2 Å². The molecule has 1 aliphatic rings. The van der Waals surface area contributed by atoms with Crippen molar-refractivity contribution in [3.8, 4) is 0 Å². The molecule has 0 spiro atoms. The van der Waals surface area contributed by atoms with Crippen molar-refractivity contribution in [2.24, 2.45) is 0 Å². The molecule has 3 N–H and O–H groups in total. The summed E-state index contributed by atoms with van der Waals surface area (Å²) in [5.74, 6) is -0.0769. The van der Waals surface area contributed by atoms with Gasteiger partial charge in [-0.15, -0.1) is 0 Å². The second kappa shape index (κ2) is 4.38. The lowest BCUT2D eigenvalue weighted by Gasteiger charge is -2.27. The Bertz CT molecular complexity index is 459. The van der Waals surface area contributed by atoms with Gasteiger partial charge in [0, 0.05) is 17.1 Å². The highest BCUT2D eigenvalue weighted by molar-refractivity contribution is 9.10. The highest BCUT2D eigenvalue weighted by Crippen LogP contribution is 2.41. The molecule has 1 amide bonds. The molecule has 92 valence electrons. The van der Waals surface area contributed by atoms with Crippen LogP contribution < -0.4 is 21.1 Å². The fourth-order valence-corrected chi connectivity index (χ4v) is 2.79. The normalized spacial score (nSPS) is 17.4. The van der Waals surface area contributed by atoms with Crippen LogP contribution in [-0.2, 0) is 10.5 Å². The molecule has 0 saturated heterocycles. The van der Waals surface area contributed by atoms with Crippen LogP contribution in [0.15, 0.2) is 22.7 Å². The van der Waals surface area contributed by atoms with Crippen LogP contribution in [-0.4, -0.2) is 27.1 Å². The lowest BCUT2D eigenvalue weighted by Crippen LogP contribution is -2.59. The number of para-hydroxylation sites is 1. The van der Waals surface area contributed by atoms with Gasteiger partial charge in [0.1, 0.15) is 0 Å². The maximum Gasteiger partial charge on any atom is 0.281 e. The average molecular weight is 299 g/mol. The van der Waals surface area contributed by atoms with Gasteiger partial charge in [-0.05, 0) is 36.1 Å². The van der Waals surface area contributed by atoms with Crippen molar-refractivity contribution in [1.82, 2.24) is 16.1 Å². The molecule has 0 aliphatic carbocycles. The van der Waals surface area contributed by atoms with Gasteiger partial charge in [-0.25, -0.2) is 10.4 Å². The molecule has 0 bridgehead atoms. The molecule has 0 saturated carbocycles. The number of likely N-dealkylation sites (N-methyl/N-ethyl adjacent to an activating group) is 2. The minimum atomic E-state index is -0.873. The van der Waals surface area contributed by atoms with E-state index in [-0.39, 0.29) is 5.91 Å². The Morgan fingerprint density at radius 3 is 2.41 bits per heavy atom. The van der Waals surface area contributed by atoms with Crippen molar-refractivity contribution >= 4 is 27.5 Å². The van der Waals surface area contributed by atoms with Gasteiger partial charge in [0.05, 0.1) is 5.69 Å². The minimum absolute atomic E-state index is 0.0769. The highest BCUT2D eigenvalue weighted by atomic mass is 79.9. The van der Waals surface area contributed by atoms with Crippen LogP contribution in [0.5, 0.6) is 0 Å². The first-order chi connectivity index (χ1) is 8.12. The fraction of sp³-hybridized carbons (Fsp3) is 0.364. The Labute approximate surface area is 109 Å². The maximum atomic E-state index is 12.4. The maximum absolute atomic E-state index is 12.4. The van der Waals surface area contributed by atoms with Gasteiger partial charge in [0.15, 0.2) is 5.66 Å². The van der Waals surface area contributed by atoms with Crippen molar-refractivity contribution < 1.29 is 4.79 Å². The standard InChI is InChI=1S/C11H15BrN4O/c1-13-11(14-2)7-5-4-6-8(12)9(7)16(15-3)10(11)17/h4-6,13-15H,1-3H3. The molecule has 0 aromatic heterocycles. The van der Waals surface area contributed by atoms with Gasteiger partial charge >= 0.3 is 0 Å². The highest BCUT2D eigenvalue weighted by Gasteiger charge is 2.50. The third-order valence-electron chi connectivity index (χ3n) is 3.11. The number of nitrogens with one attached hydrogen (secondary N) is 3. The number of nitrogens with zero attached hydrogens (tertiary/aromatic N) is 1. The summed E-state index contributed by atoms with van der Waals surface area (Å²) in [6.07, 6.45) is 0. The Kier molecular flexibility index (Phi) is 3.22. The Balaban J connectivity index is 2.70. The number of fused-ring (bicyclic) bond motifs is 1. The summed E-state index contributed by atoms with van der Waals surface area (Å²) in [5, 5.41) is 7.66. The monoisotopic (exact) mass is 298 g/mol. The largest absolute Gasteiger partial charge is 0.291 e. The summed E-state index contributed by atoms with van der Waals surface area (Å²) in [7, 11) is 5.25. The first-order valence-electron chi connectivity index (χ1n) is 5.31. The number of halogens is 1.